The highest BCUT2D eigenvalue weighted by Gasteiger charge is 2.23. The molecule has 18 heavy (non-hydrogen) atoms. The Morgan fingerprint density at radius 3 is 2.83 bits per heavy atom. The van der Waals surface area contributed by atoms with E-state index < -0.39 is 0 Å². The molecule has 0 spiro atoms. The van der Waals surface area contributed by atoms with Gasteiger partial charge in [-0.1, -0.05) is 11.6 Å². The maximum Gasteiger partial charge on any atom is 0.0642 e. The van der Waals surface area contributed by atoms with Crippen LogP contribution in [0.25, 0.3) is 0 Å². The van der Waals surface area contributed by atoms with E-state index in [0.29, 0.717) is 6.04 Å². The first-order chi connectivity index (χ1) is 8.84. The number of hydrogen-bond donors (Lipinski definition) is 1. The van der Waals surface area contributed by atoms with Gasteiger partial charge in [0.2, 0.25) is 0 Å². The van der Waals surface area contributed by atoms with Gasteiger partial charge in [-0.3, -0.25) is 0 Å². The Morgan fingerprint density at radius 2 is 2.11 bits per heavy atom. The highest BCUT2D eigenvalue weighted by atomic mass is 35.5. The average molecular weight is 267 g/mol. The minimum Gasteiger partial charge on any atom is -0.378 e. The molecule has 0 saturated carbocycles. The summed E-state index contributed by atoms with van der Waals surface area (Å²) in [6.45, 7) is 4.70. The molecule has 3 rings (SSSR count). The molecule has 2 heterocycles. The van der Waals surface area contributed by atoms with Crippen LogP contribution in [0.15, 0.2) is 18.2 Å². The predicted molar refractivity (Wildman–Crippen MR) is 74.5 cm³/mol. The molecule has 98 valence electrons. The van der Waals surface area contributed by atoms with Crippen LogP contribution in [-0.2, 0) is 4.74 Å². The lowest BCUT2D eigenvalue weighted by atomic mass is 10.0. The molecule has 3 nitrogen and oxygen atoms in total. The van der Waals surface area contributed by atoms with Crippen LogP contribution in [0.5, 0.6) is 0 Å². The van der Waals surface area contributed by atoms with Crippen LogP contribution in [0, 0.1) is 0 Å². The van der Waals surface area contributed by atoms with Gasteiger partial charge in [0.1, 0.15) is 0 Å². The molecule has 0 amide bonds. The molecule has 2 aliphatic heterocycles. The Balaban J connectivity index is 1.91. The third-order valence-electron chi connectivity index (χ3n) is 3.78. The third-order valence-corrected chi connectivity index (χ3v) is 4.01. The van der Waals surface area contributed by atoms with Crippen molar-refractivity contribution in [1.82, 2.24) is 5.32 Å². The predicted octanol–water partition coefficient (Wildman–Crippen LogP) is 2.60. The number of rotatable bonds is 2. The van der Waals surface area contributed by atoms with Crippen molar-refractivity contribution in [2.45, 2.75) is 18.9 Å². The number of benzene rings is 1. The summed E-state index contributed by atoms with van der Waals surface area (Å²) in [6, 6.07) is 6.73. The SMILES string of the molecule is Clc1ccc(N2CCOCC2)c(C2CCCN2)c1. The van der Waals surface area contributed by atoms with Gasteiger partial charge in [-0.05, 0) is 43.1 Å². The third kappa shape index (κ3) is 2.48. The second kappa shape index (κ2) is 5.47. The second-order valence-electron chi connectivity index (χ2n) is 4.95. The molecule has 1 unspecified atom stereocenters. The van der Waals surface area contributed by atoms with E-state index in [1.54, 1.807) is 0 Å². The first-order valence-electron chi connectivity index (χ1n) is 6.70. The molecule has 2 saturated heterocycles. The molecule has 2 aliphatic rings. The Labute approximate surface area is 113 Å². The lowest BCUT2D eigenvalue weighted by Crippen LogP contribution is -2.37. The zero-order valence-corrected chi connectivity index (χ0v) is 11.2. The van der Waals surface area contributed by atoms with Gasteiger partial charge in [-0.2, -0.15) is 0 Å². The Hall–Kier alpha value is -0.770. The van der Waals surface area contributed by atoms with Crippen LogP contribution < -0.4 is 10.2 Å². The summed E-state index contributed by atoms with van der Waals surface area (Å²) < 4.78 is 5.43. The minimum absolute atomic E-state index is 0.460. The molecule has 1 N–H and O–H groups in total. The van der Waals surface area contributed by atoms with E-state index in [2.05, 4.69) is 22.3 Å². The summed E-state index contributed by atoms with van der Waals surface area (Å²) >= 11 is 6.16. The van der Waals surface area contributed by atoms with Crippen molar-refractivity contribution >= 4 is 17.3 Å². The summed E-state index contributed by atoms with van der Waals surface area (Å²) in [5.74, 6) is 0. The van der Waals surface area contributed by atoms with Crippen molar-refractivity contribution in [3.8, 4) is 0 Å². The van der Waals surface area contributed by atoms with Crippen molar-refractivity contribution in [2.24, 2.45) is 0 Å². The number of morpholine rings is 1. The van der Waals surface area contributed by atoms with Crippen LogP contribution in [0.3, 0.4) is 0 Å². The molecule has 2 fully saturated rings. The van der Waals surface area contributed by atoms with Gasteiger partial charge < -0.3 is 15.0 Å². The Morgan fingerprint density at radius 1 is 1.28 bits per heavy atom. The standard InChI is InChI=1S/C14H19ClN2O/c15-11-3-4-14(17-6-8-18-9-7-17)12(10-11)13-2-1-5-16-13/h3-4,10,13,16H,1-2,5-9H2. The van der Waals surface area contributed by atoms with Crippen molar-refractivity contribution in [3.05, 3.63) is 28.8 Å². The zero-order chi connectivity index (χ0) is 12.4. The summed E-state index contributed by atoms with van der Waals surface area (Å²) in [5, 5.41) is 4.39. The normalized spacial score (nSPS) is 24.5. The van der Waals surface area contributed by atoms with E-state index in [1.165, 1.54) is 24.1 Å². The maximum atomic E-state index is 6.16. The van der Waals surface area contributed by atoms with Crippen molar-refractivity contribution in [3.63, 3.8) is 0 Å². The fourth-order valence-electron chi connectivity index (χ4n) is 2.85. The van der Waals surface area contributed by atoms with E-state index >= 15 is 0 Å². The average Bonchev–Trinajstić information content (AvgIpc) is 2.93. The van der Waals surface area contributed by atoms with Gasteiger partial charge in [0.05, 0.1) is 13.2 Å². The number of nitrogens with zero attached hydrogens (tertiary/aromatic N) is 1. The molecule has 4 heteroatoms. The zero-order valence-electron chi connectivity index (χ0n) is 10.5. The van der Waals surface area contributed by atoms with Crippen molar-refractivity contribution in [1.29, 1.82) is 0 Å². The summed E-state index contributed by atoms with van der Waals surface area (Å²) in [4.78, 5) is 2.41. The van der Waals surface area contributed by atoms with Gasteiger partial charge in [0, 0.05) is 29.8 Å². The number of ether oxygens (including phenoxy) is 1. The van der Waals surface area contributed by atoms with Gasteiger partial charge in [-0.15, -0.1) is 0 Å². The van der Waals surface area contributed by atoms with E-state index in [-0.39, 0.29) is 0 Å². The molecular formula is C14H19ClN2O. The molecule has 0 aromatic heterocycles. The Bertz CT molecular complexity index is 412. The fourth-order valence-corrected chi connectivity index (χ4v) is 3.03. The molecule has 1 atom stereocenters. The fraction of sp³-hybridized carbons (Fsp3) is 0.571. The number of nitrogens with one attached hydrogen (secondary N) is 1. The minimum atomic E-state index is 0.460. The molecule has 0 aliphatic carbocycles. The molecule has 1 aromatic carbocycles. The first-order valence-corrected chi connectivity index (χ1v) is 7.08. The van der Waals surface area contributed by atoms with Crippen LogP contribution >= 0.6 is 11.6 Å². The quantitative estimate of drug-likeness (QED) is 0.891. The van der Waals surface area contributed by atoms with Crippen LogP contribution in [0.4, 0.5) is 5.69 Å². The first kappa shape index (κ1) is 12.3. The Kier molecular flexibility index (Phi) is 3.73. The lowest BCUT2D eigenvalue weighted by Gasteiger charge is -2.32. The topological polar surface area (TPSA) is 24.5 Å². The smallest absolute Gasteiger partial charge is 0.0642 e. The highest BCUT2D eigenvalue weighted by Crippen LogP contribution is 2.34. The van der Waals surface area contributed by atoms with Gasteiger partial charge in [0.25, 0.3) is 0 Å². The van der Waals surface area contributed by atoms with Crippen molar-refractivity contribution in [2.75, 3.05) is 37.7 Å². The number of hydrogen-bond acceptors (Lipinski definition) is 3. The summed E-state index contributed by atoms with van der Waals surface area (Å²) in [5.41, 5.74) is 2.67. The largest absolute Gasteiger partial charge is 0.378 e. The summed E-state index contributed by atoms with van der Waals surface area (Å²) in [6.07, 6.45) is 2.46. The van der Waals surface area contributed by atoms with Crippen LogP contribution in [0.2, 0.25) is 5.02 Å². The van der Waals surface area contributed by atoms with E-state index in [9.17, 15) is 0 Å². The van der Waals surface area contributed by atoms with E-state index in [4.69, 9.17) is 16.3 Å². The monoisotopic (exact) mass is 266 g/mol. The lowest BCUT2D eigenvalue weighted by molar-refractivity contribution is 0.122. The highest BCUT2D eigenvalue weighted by molar-refractivity contribution is 6.30. The number of anilines is 1. The van der Waals surface area contributed by atoms with Gasteiger partial charge in [0.15, 0.2) is 0 Å². The molecular weight excluding hydrogens is 248 g/mol. The maximum absolute atomic E-state index is 6.16. The van der Waals surface area contributed by atoms with Gasteiger partial charge in [-0.25, -0.2) is 0 Å². The van der Waals surface area contributed by atoms with Gasteiger partial charge >= 0.3 is 0 Å². The number of halogens is 1. The second-order valence-corrected chi connectivity index (χ2v) is 5.39. The van der Waals surface area contributed by atoms with E-state index in [1.807, 2.05) is 6.07 Å². The molecule has 1 aromatic rings. The molecule has 0 bridgehead atoms. The molecule has 0 radical (unpaired) electrons. The summed E-state index contributed by atoms with van der Waals surface area (Å²) in [7, 11) is 0. The van der Waals surface area contributed by atoms with Crippen molar-refractivity contribution < 1.29 is 4.74 Å². The van der Waals surface area contributed by atoms with Crippen LogP contribution in [0.1, 0.15) is 24.4 Å². The van der Waals surface area contributed by atoms with E-state index in [0.717, 1.165) is 37.9 Å². The van der Waals surface area contributed by atoms with Crippen LogP contribution in [-0.4, -0.2) is 32.8 Å².